The molecule has 0 aliphatic heterocycles. The van der Waals surface area contributed by atoms with Gasteiger partial charge in [0.05, 0.1) is 0 Å². The van der Waals surface area contributed by atoms with E-state index in [0.29, 0.717) is 6.04 Å². The van der Waals surface area contributed by atoms with E-state index >= 15 is 0 Å². The number of hydrogen-bond acceptors (Lipinski definition) is 1. The quantitative estimate of drug-likeness (QED) is 0.668. The summed E-state index contributed by atoms with van der Waals surface area (Å²) in [5.74, 6) is 1.00. The Labute approximate surface area is 87.8 Å². The lowest BCUT2D eigenvalue weighted by molar-refractivity contribution is 0.506. The molecule has 0 aromatic carbocycles. The summed E-state index contributed by atoms with van der Waals surface area (Å²) in [7, 11) is 0. The number of nitrogens with two attached hydrogens (primary N) is 1. The van der Waals surface area contributed by atoms with E-state index in [1.54, 1.807) is 5.57 Å². The average molecular weight is 193 g/mol. The Morgan fingerprint density at radius 1 is 1.14 bits per heavy atom. The third-order valence-corrected chi connectivity index (χ3v) is 3.81. The second kappa shape index (κ2) is 4.97. The SMILES string of the molecule is NC1CCC/C(=C/CC2CCCC2)C1. The van der Waals surface area contributed by atoms with Crippen LogP contribution in [0.3, 0.4) is 0 Å². The Balaban J connectivity index is 1.78. The molecule has 2 aliphatic rings. The van der Waals surface area contributed by atoms with Gasteiger partial charge in [-0.05, 0) is 38.0 Å². The zero-order chi connectivity index (χ0) is 9.80. The van der Waals surface area contributed by atoms with Crippen LogP contribution in [0, 0.1) is 5.92 Å². The van der Waals surface area contributed by atoms with Crippen LogP contribution in [-0.4, -0.2) is 6.04 Å². The standard InChI is InChI=1S/C13H23N/c14-13-7-3-6-12(10-13)9-8-11-4-1-2-5-11/h9,11,13H,1-8,10,14H2/b12-9-. The van der Waals surface area contributed by atoms with Crippen LogP contribution in [0.4, 0.5) is 0 Å². The molecule has 80 valence electrons. The van der Waals surface area contributed by atoms with Crippen molar-refractivity contribution in [2.24, 2.45) is 11.7 Å². The highest BCUT2D eigenvalue weighted by molar-refractivity contribution is 5.07. The van der Waals surface area contributed by atoms with E-state index in [0.717, 1.165) is 5.92 Å². The van der Waals surface area contributed by atoms with Gasteiger partial charge in [-0.3, -0.25) is 0 Å². The molecule has 14 heavy (non-hydrogen) atoms. The van der Waals surface area contributed by atoms with Gasteiger partial charge in [-0.15, -0.1) is 0 Å². The van der Waals surface area contributed by atoms with E-state index in [9.17, 15) is 0 Å². The molecule has 0 saturated heterocycles. The minimum atomic E-state index is 0.457. The summed E-state index contributed by atoms with van der Waals surface area (Å²) in [6, 6.07) is 0.457. The molecule has 2 saturated carbocycles. The van der Waals surface area contributed by atoms with E-state index in [1.807, 2.05) is 0 Å². The first kappa shape index (κ1) is 10.2. The molecule has 2 fully saturated rings. The van der Waals surface area contributed by atoms with Crippen LogP contribution >= 0.6 is 0 Å². The van der Waals surface area contributed by atoms with Gasteiger partial charge >= 0.3 is 0 Å². The molecule has 2 aliphatic carbocycles. The fourth-order valence-electron chi connectivity index (χ4n) is 2.90. The van der Waals surface area contributed by atoms with Gasteiger partial charge in [-0.2, -0.15) is 0 Å². The molecule has 0 amide bonds. The van der Waals surface area contributed by atoms with E-state index in [-0.39, 0.29) is 0 Å². The van der Waals surface area contributed by atoms with Crippen LogP contribution in [0.1, 0.15) is 57.8 Å². The molecule has 0 spiro atoms. The van der Waals surface area contributed by atoms with E-state index in [4.69, 9.17) is 5.73 Å². The number of allylic oxidation sites excluding steroid dienone is 1. The minimum Gasteiger partial charge on any atom is -0.327 e. The molecule has 0 aromatic heterocycles. The van der Waals surface area contributed by atoms with Gasteiger partial charge in [-0.1, -0.05) is 37.3 Å². The Morgan fingerprint density at radius 3 is 2.64 bits per heavy atom. The van der Waals surface area contributed by atoms with Crippen LogP contribution in [0.25, 0.3) is 0 Å². The zero-order valence-electron chi connectivity index (χ0n) is 9.17. The minimum absolute atomic E-state index is 0.457. The summed E-state index contributed by atoms with van der Waals surface area (Å²) in [4.78, 5) is 0. The monoisotopic (exact) mass is 193 g/mol. The van der Waals surface area contributed by atoms with Gasteiger partial charge < -0.3 is 5.73 Å². The summed E-state index contributed by atoms with van der Waals surface area (Å²) in [6.45, 7) is 0. The largest absolute Gasteiger partial charge is 0.327 e. The molecule has 0 radical (unpaired) electrons. The second-order valence-corrected chi connectivity index (χ2v) is 5.10. The lowest BCUT2D eigenvalue weighted by Crippen LogP contribution is -2.23. The Bertz CT molecular complexity index is 201. The van der Waals surface area contributed by atoms with Crippen molar-refractivity contribution in [3.05, 3.63) is 11.6 Å². The lowest BCUT2D eigenvalue weighted by atomic mass is 9.89. The highest BCUT2D eigenvalue weighted by atomic mass is 14.6. The highest BCUT2D eigenvalue weighted by Gasteiger charge is 2.16. The van der Waals surface area contributed by atoms with E-state index < -0.39 is 0 Å². The van der Waals surface area contributed by atoms with E-state index in [1.165, 1.54) is 57.8 Å². The molecule has 2 N–H and O–H groups in total. The first-order valence-electron chi connectivity index (χ1n) is 6.28. The normalized spacial score (nSPS) is 32.6. The maximum atomic E-state index is 5.97. The molecule has 2 rings (SSSR count). The van der Waals surface area contributed by atoms with Gasteiger partial charge in [-0.25, -0.2) is 0 Å². The molecule has 0 aromatic rings. The van der Waals surface area contributed by atoms with Gasteiger partial charge in [0.25, 0.3) is 0 Å². The molecular formula is C13H23N. The predicted octanol–water partition coefficient (Wildman–Crippen LogP) is 3.39. The molecule has 0 heterocycles. The van der Waals surface area contributed by atoms with Crippen LogP contribution in [-0.2, 0) is 0 Å². The molecular weight excluding hydrogens is 170 g/mol. The second-order valence-electron chi connectivity index (χ2n) is 5.10. The Hall–Kier alpha value is -0.300. The van der Waals surface area contributed by atoms with Crippen LogP contribution in [0.15, 0.2) is 11.6 Å². The third kappa shape index (κ3) is 2.84. The van der Waals surface area contributed by atoms with Crippen LogP contribution in [0.2, 0.25) is 0 Å². The molecule has 1 atom stereocenters. The van der Waals surface area contributed by atoms with Crippen molar-refractivity contribution >= 4 is 0 Å². The summed E-state index contributed by atoms with van der Waals surface area (Å²) in [6.07, 6.45) is 14.8. The third-order valence-electron chi connectivity index (χ3n) is 3.81. The fourth-order valence-corrected chi connectivity index (χ4v) is 2.90. The number of hydrogen-bond donors (Lipinski definition) is 1. The summed E-state index contributed by atoms with van der Waals surface area (Å²) in [5.41, 5.74) is 7.62. The maximum absolute atomic E-state index is 5.97. The Kier molecular flexibility index (Phi) is 3.63. The zero-order valence-corrected chi connectivity index (χ0v) is 9.17. The van der Waals surface area contributed by atoms with Crippen molar-refractivity contribution in [3.63, 3.8) is 0 Å². The fraction of sp³-hybridized carbons (Fsp3) is 0.846. The van der Waals surface area contributed by atoms with Crippen molar-refractivity contribution in [2.75, 3.05) is 0 Å². The van der Waals surface area contributed by atoms with Crippen molar-refractivity contribution in [2.45, 2.75) is 63.8 Å². The lowest BCUT2D eigenvalue weighted by Gasteiger charge is -2.20. The molecule has 0 bridgehead atoms. The topological polar surface area (TPSA) is 26.0 Å². The molecule has 1 heteroatoms. The highest BCUT2D eigenvalue weighted by Crippen LogP contribution is 2.30. The molecule has 1 unspecified atom stereocenters. The predicted molar refractivity (Wildman–Crippen MR) is 61.1 cm³/mol. The van der Waals surface area contributed by atoms with E-state index in [2.05, 4.69) is 6.08 Å². The molecule has 1 nitrogen and oxygen atoms in total. The van der Waals surface area contributed by atoms with Crippen molar-refractivity contribution in [3.8, 4) is 0 Å². The first-order valence-corrected chi connectivity index (χ1v) is 6.28. The van der Waals surface area contributed by atoms with Gasteiger partial charge in [0, 0.05) is 6.04 Å². The first-order chi connectivity index (χ1) is 6.84. The van der Waals surface area contributed by atoms with Gasteiger partial charge in [0.1, 0.15) is 0 Å². The van der Waals surface area contributed by atoms with Crippen molar-refractivity contribution in [1.82, 2.24) is 0 Å². The van der Waals surface area contributed by atoms with Crippen LogP contribution < -0.4 is 5.73 Å². The van der Waals surface area contributed by atoms with Crippen LogP contribution in [0.5, 0.6) is 0 Å². The summed E-state index contributed by atoms with van der Waals surface area (Å²) >= 11 is 0. The van der Waals surface area contributed by atoms with Crippen molar-refractivity contribution < 1.29 is 0 Å². The summed E-state index contributed by atoms with van der Waals surface area (Å²) in [5, 5.41) is 0. The number of rotatable bonds is 2. The van der Waals surface area contributed by atoms with Crippen molar-refractivity contribution in [1.29, 1.82) is 0 Å². The Morgan fingerprint density at radius 2 is 1.93 bits per heavy atom. The smallest absolute Gasteiger partial charge is 0.00761 e. The van der Waals surface area contributed by atoms with Gasteiger partial charge in [0.15, 0.2) is 0 Å². The maximum Gasteiger partial charge on any atom is 0.00761 e. The average Bonchev–Trinajstić information content (AvgIpc) is 2.67. The summed E-state index contributed by atoms with van der Waals surface area (Å²) < 4.78 is 0. The van der Waals surface area contributed by atoms with Gasteiger partial charge in [0.2, 0.25) is 0 Å².